The second kappa shape index (κ2) is 6.51. The Balaban J connectivity index is 2.06. The quantitative estimate of drug-likeness (QED) is 0.840. The highest BCUT2D eigenvalue weighted by Crippen LogP contribution is 2.48. The lowest BCUT2D eigenvalue weighted by atomic mass is 9.92. The normalized spacial score (nSPS) is 21.1. The molecule has 0 bridgehead atoms. The molecule has 2 atom stereocenters. The zero-order valence-electron chi connectivity index (χ0n) is 13.4. The molecule has 3 N–H and O–H groups in total. The molecule has 0 aliphatic heterocycles. The predicted molar refractivity (Wildman–Crippen MR) is 82.8 cm³/mol. The number of benzene rings is 1. The van der Waals surface area contributed by atoms with Crippen molar-refractivity contribution in [1.82, 2.24) is 5.32 Å². The summed E-state index contributed by atoms with van der Waals surface area (Å²) >= 11 is 0. The Hall–Kier alpha value is -1.56. The number of nitrogens with one attached hydrogen (secondary N) is 1. The minimum Gasteiger partial charge on any atom is -0.349 e. The number of rotatable bonds is 6. The van der Waals surface area contributed by atoms with Crippen LogP contribution >= 0.6 is 0 Å². The van der Waals surface area contributed by atoms with Crippen molar-refractivity contribution in [3.05, 3.63) is 35.4 Å². The van der Waals surface area contributed by atoms with Crippen LogP contribution in [0.3, 0.4) is 0 Å². The van der Waals surface area contributed by atoms with E-state index >= 15 is 0 Å². The van der Waals surface area contributed by atoms with Gasteiger partial charge in [0.2, 0.25) is 5.91 Å². The van der Waals surface area contributed by atoms with Crippen molar-refractivity contribution in [3.63, 3.8) is 0 Å². The molecule has 1 aromatic carbocycles. The molecule has 2 rings (SSSR count). The Labute approximate surface area is 134 Å². The van der Waals surface area contributed by atoms with Crippen LogP contribution in [0.15, 0.2) is 24.3 Å². The van der Waals surface area contributed by atoms with Gasteiger partial charge in [-0.15, -0.1) is 0 Å². The summed E-state index contributed by atoms with van der Waals surface area (Å²) in [7, 11) is 0. The molecule has 1 amide bonds. The molecule has 0 saturated heterocycles. The zero-order chi connectivity index (χ0) is 17.3. The van der Waals surface area contributed by atoms with Crippen LogP contribution in [-0.4, -0.2) is 18.0 Å². The van der Waals surface area contributed by atoms with E-state index in [0.29, 0.717) is 18.5 Å². The van der Waals surface area contributed by atoms with Crippen molar-refractivity contribution < 1.29 is 18.0 Å². The first-order chi connectivity index (χ1) is 10.8. The number of hydrogen-bond donors (Lipinski definition) is 2. The number of halogens is 3. The molecule has 1 saturated carbocycles. The lowest BCUT2D eigenvalue weighted by Crippen LogP contribution is -2.53. The topological polar surface area (TPSA) is 55.1 Å². The molecule has 128 valence electrons. The smallest absolute Gasteiger partial charge is 0.349 e. The van der Waals surface area contributed by atoms with Crippen LogP contribution in [0.4, 0.5) is 13.2 Å². The number of nitrogens with two attached hydrogens (primary N) is 1. The molecule has 1 fully saturated rings. The fourth-order valence-corrected chi connectivity index (χ4v) is 2.92. The van der Waals surface area contributed by atoms with Crippen LogP contribution in [-0.2, 0) is 11.0 Å². The van der Waals surface area contributed by atoms with Crippen molar-refractivity contribution in [2.75, 3.05) is 6.54 Å². The minimum absolute atomic E-state index is 0.110. The summed E-state index contributed by atoms with van der Waals surface area (Å²) in [4.78, 5) is 12.4. The van der Waals surface area contributed by atoms with E-state index in [1.165, 1.54) is 6.07 Å². The number of alkyl halides is 3. The van der Waals surface area contributed by atoms with Crippen LogP contribution in [0.5, 0.6) is 0 Å². The standard InChI is InChI=1S/C17H23F3N2O/c1-3-16(4-2,10-21)22-15(23)14-9-13(14)11-6-5-7-12(8-11)17(18,19)20/h5-8,13-14H,3-4,9-10,21H2,1-2H3,(H,22,23). The third-order valence-electron chi connectivity index (χ3n) is 4.90. The third kappa shape index (κ3) is 3.86. The number of hydrogen-bond acceptors (Lipinski definition) is 2. The van der Waals surface area contributed by atoms with E-state index in [0.717, 1.165) is 25.0 Å². The van der Waals surface area contributed by atoms with E-state index in [-0.39, 0.29) is 17.7 Å². The summed E-state index contributed by atoms with van der Waals surface area (Å²) in [5.74, 6) is -0.509. The second-order valence-electron chi connectivity index (χ2n) is 6.25. The fraction of sp³-hybridized carbons (Fsp3) is 0.588. The molecule has 0 heterocycles. The van der Waals surface area contributed by atoms with Gasteiger partial charge in [0.05, 0.1) is 11.1 Å². The minimum atomic E-state index is -4.36. The molecule has 6 heteroatoms. The van der Waals surface area contributed by atoms with Gasteiger partial charge in [0.15, 0.2) is 0 Å². The molecule has 1 aliphatic carbocycles. The lowest BCUT2D eigenvalue weighted by molar-refractivity contribution is -0.137. The van der Waals surface area contributed by atoms with Gasteiger partial charge in [0.25, 0.3) is 0 Å². The molecule has 1 aromatic rings. The summed E-state index contributed by atoms with van der Waals surface area (Å²) in [6.45, 7) is 4.29. The van der Waals surface area contributed by atoms with Gasteiger partial charge in [-0.25, -0.2) is 0 Å². The Morgan fingerprint density at radius 2 is 1.96 bits per heavy atom. The van der Waals surface area contributed by atoms with Gasteiger partial charge in [0.1, 0.15) is 0 Å². The highest BCUT2D eigenvalue weighted by molar-refractivity contribution is 5.83. The van der Waals surface area contributed by atoms with Crippen LogP contribution in [0.2, 0.25) is 0 Å². The average molecular weight is 328 g/mol. The molecule has 23 heavy (non-hydrogen) atoms. The first-order valence-corrected chi connectivity index (χ1v) is 7.95. The zero-order valence-corrected chi connectivity index (χ0v) is 13.4. The Kier molecular flexibility index (Phi) is 5.04. The van der Waals surface area contributed by atoms with Gasteiger partial charge in [-0.1, -0.05) is 32.0 Å². The maximum Gasteiger partial charge on any atom is 0.416 e. The molecular formula is C17H23F3N2O. The Morgan fingerprint density at radius 1 is 1.30 bits per heavy atom. The van der Waals surface area contributed by atoms with E-state index in [4.69, 9.17) is 5.73 Å². The summed E-state index contributed by atoms with van der Waals surface area (Å²) in [5, 5.41) is 3.00. The second-order valence-corrected chi connectivity index (χ2v) is 6.25. The van der Waals surface area contributed by atoms with Gasteiger partial charge >= 0.3 is 6.18 Å². The van der Waals surface area contributed by atoms with Crippen molar-refractivity contribution in [2.24, 2.45) is 11.7 Å². The van der Waals surface area contributed by atoms with Crippen LogP contribution in [0, 0.1) is 5.92 Å². The molecule has 1 aliphatic rings. The highest BCUT2D eigenvalue weighted by Gasteiger charge is 2.46. The van der Waals surface area contributed by atoms with Crippen molar-refractivity contribution in [1.29, 1.82) is 0 Å². The summed E-state index contributed by atoms with van der Waals surface area (Å²) < 4.78 is 38.3. The summed E-state index contributed by atoms with van der Waals surface area (Å²) in [6.07, 6.45) is -2.32. The first kappa shape index (κ1) is 17.8. The van der Waals surface area contributed by atoms with E-state index < -0.39 is 17.3 Å². The van der Waals surface area contributed by atoms with Gasteiger partial charge in [-0.2, -0.15) is 13.2 Å². The maximum atomic E-state index is 12.8. The van der Waals surface area contributed by atoms with E-state index in [2.05, 4.69) is 5.32 Å². The SMILES string of the molecule is CCC(CC)(CN)NC(=O)C1CC1c1cccc(C(F)(F)F)c1. The molecule has 3 nitrogen and oxygen atoms in total. The number of amides is 1. The van der Waals surface area contributed by atoms with Gasteiger partial charge in [-0.3, -0.25) is 4.79 Å². The molecule has 0 aromatic heterocycles. The molecule has 0 radical (unpaired) electrons. The van der Waals surface area contributed by atoms with Crippen molar-refractivity contribution in [3.8, 4) is 0 Å². The fourth-order valence-electron chi connectivity index (χ4n) is 2.92. The average Bonchev–Trinajstić information content (AvgIpc) is 3.33. The van der Waals surface area contributed by atoms with E-state index in [9.17, 15) is 18.0 Å². The van der Waals surface area contributed by atoms with Crippen molar-refractivity contribution in [2.45, 2.75) is 50.7 Å². The highest BCUT2D eigenvalue weighted by atomic mass is 19.4. The van der Waals surface area contributed by atoms with Crippen molar-refractivity contribution >= 4 is 5.91 Å². The molecular weight excluding hydrogens is 305 g/mol. The summed E-state index contributed by atoms with van der Waals surface area (Å²) in [5.41, 5.74) is 5.26. The first-order valence-electron chi connectivity index (χ1n) is 7.95. The number of carbonyl (C=O) groups is 1. The maximum absolute atomic E-state index is 12.8. The lowest BCUT2D eigenvalue weighted by Gasteiger charge is -2.31. The van der Waals surface area contributed by atoms with Crippen LogP contribution in [0.1, 0.15) is 50.2 Å². The monoisotopic (exact) mass is 328 g/mol. The molecule has 0 spiro atoms. The van der Waals surface area contributed by atoms with Gasteiger partial charge < -0.3 is 11.1 Å². The molecule has 2 unspecified atom stereocenters. The van der Waals surface area contributed by atoms with Gasteiger partial charge in [0, 0.05) is 12.5 Å². The Bertz CT molecular complexity index is 559. The predicted octanol–water partition coefficient (Wildman–Crippen LogP) is 3.44. The van der Waals surface area contributed by atoms with Gasteiger partial charge in [-0.05, 0) is 36.8 Å². The summed E-state index contributed by atoms with van der Waals surface area (Å²) in [6, 6.07) is 5.25. The van der Waals surface area contributed by atoms with E-state index in [1.807, 2.05) is 13.8 Å². The third-order valence-corrected chi connectivity index (χ3v) is 4.90. The number of carbonyl (C=O) groups excluding carboxylic acids is 1. The van der Waals surface area contributed by atoms with Crippen LogP contribution in [0.25, 0.3) is 0 Å². The van der Waals surface area contributed by atoms with E-state index in [1.54, 1.807) is 6.07 Å². The largest absolute Gasteiger partial charge is 0.416 e. The van der Waals surface area contributed by atoms with Crippen LogP contribution < -0.4 is 11.1 Å². The Morgan fingerprint density at radius 3 is 2.48 bits per heavy atom.